The SMILES string of the molecule is CCN(c1ccc(N)cc1)C(C(=O)SC(C)(C)C)C(OC(C)=O)C(Cl)(Cl)Cl. The van der Waals surface area contributed by atoms with Gasteiger partial charge >= 0.3 is 5.97 Å². The lowest BCUT2D eigenvalue weighted by Gasteiger charge is -2.39. The normalized spacial score (nSPS) is 14.4. The Labute approximate surface area is 179 Å². The van der Waals surface area contributed by atoms with Gasteiger partial charge in [0.05, 0.1) is 0 Å². The van der Waals surface area contributed by atoms with Crippen LogP contribution in [0.15, 0.2) is 24.3 Å². The summed E-state index contributed by atoms with van der Waals surface area (Å²) < 4.78 is 2.94. The number of hydrogen-bond acceptors (Lipinski definition) is 6. The summed E-state index contributed by atoms with van der Waals surface area (Å²) in [6.45, 7) is 9.21. The molecule has 9 heteroatoms. The Bertz CT molecular complexity index is 657. The molecule has 0 aromatic heterocycles. The predicted octanol–water partition coefficient (Wildman–Crippen LogP) is 4.82. The zero-order valence-corrected chi connectivity index (χ0v) is 19.0. The Kier molecular flexibility index (Phi) is 8.60. The Morgan fingerprint density at radius 1 is 1.19 bits per heavy atom. The van der Waals surface area contributed by atoms with Gasteiger partial charge in [-0.3, -0.25) is 9.59 Å². The molecule has 0 aliphatic rings. The molecule has 1 rings (SSSR count). The van der Waals surface area contributed by atoms with E-state index in [4.69, 9.17) is 45.3 Å². The highest BCUT2D eigenvalue weighted by molar-refractivity contribution is 8.14. The molecule has 152 valence electrons. The van der Waals surface area contributed by atoms with Crippen LogP contribution in [-0.2, 0) is 14.3 Å². The summed E-state index contributed by atoms with van der Waals surface area (Å²) in [5.74, 6) is -0.641. The second-order valence-corrected chi connectivity index (χ2v) is 11.1. The molecule has 0 saturated heterocycles. The van der Waals surface area contributed by atoms with Gasteiger partial charge in [0.25, 0.3) is 0 Å². The highest BCUT2D eigenvalue weighted by Gasteiger charge is 2.48. The van der Waals surface area contributed by atoms with Gasteiger partial charge in [-0.25, -0.2) is 0 Å². The molecule has 5 nitrogen and oxygen atoms in total. The number of alkyl halides is 3. The minimum absolute atomic E-state index is 0.265. The summed E-state index contributed by atoms with van der Waals surface area (Å²) >= 11 is 19.4. The maximum atomic E-state index is 13.2. The Morgan fingerprint density at radius 3 is 2.07 bits per heavy atom. The number of benzene rings is 1. The minimum Gasteiger partial charge on any atom is -0.455 e. The number of carbonyl (C=O) groups excluding carboxylic acids is 2. The van der Waals surface area contributed by atoms with E-state index in [0.717, 1.165) is 11.8 Å². The van der Waals surface area contributed by atoms with Gasteiger partial charge in [-0.05, 0) is 31.2 Å². The van der Waals surface area contributed by atoms with Gasteiger partial charge in [0, 0.05) is 29.6 Å². The zero-order chi connectivity index (χ0) is 21.0. The van der Waals surface area contributed by atoms with Gasteiger partial charge in [-0.1, -0.05) is 67.3 Å². The molecular weight excluding hydrogens is 431 g/mol. The standard InChI is InChI=1S/C18H25Cl3N2O3S/c1-6-23(13-9-7-12(22)8-10-13)14(16(25)27-17(3,4)5)15(18(19,20)21)26-11(2)24/h7-10,14-15H,6,22H2,1-5H3. The first kappa shape index (κ1) is 24.2. The van der Waals surface area contributed by atoms with Crippen LogP contribution in [0.2, 0.25) is 0 Å². The highest BCUT2D eigenvalue weighted by atomic mass is 35.6. The zero-order valence-electron chi connectivity index (χ0n) is 16.0. The van der Waals surface area contributed by atoms with Crippen molar-refractivity contribution in [2.24, 2.45) is 0 Å². The van der Waals surface area contributed by atoms with Crippen molar-refractivity contribution >= 4 is 69.0 Å². The van der Waals surface area contributed by atoms with E-state index in [2.05, 4.69) is 0 Å². The lowest BCUT2D eigenvalue weighted by Crippen LogP contribution is -2.55. The van der Waals surface area contributed by atoms with Crippen LogP contribution >= 0.6 is 46.6 Å². The summed E-state index contributed by atoms with van der Waals surface area (Å²) in [6, 6.07) is 5.96. The van der Waals surface area contributed by atoms with E-state index in [0.29, 0.717) is 17.9 Å². The van der Waals surface area contributed by atoms with Gasteiger partial charge < -0.3 is 15.4 Å². The number of carbonyl (C=O) groups is 2. The Hall–Kier alpha value is -0.820. The fraction of sp³-hybridized carbons (Fsp3) is 0.556. The first-order valence-electron chi connectivity index (χ1n) is 8.35. The van der Waals surface area contributed by atoms with Gasteiger partial charge in [0.2, 0.25) is 8.91 Å². The van der Waals surface area contributed by atoms with Crippen LogP contribution in [0.1, 0.15) is 34.6 Å². The molecule has 1 aromatic rings. The molecule has 0 heterocycles. The third kappa shape index (κ3) is 7.60. The third-order valence-electron chi connectivity index (χ3n) is 3.45. The smallest absolute Gasteiger partial charge is 0.303 e. The number of hydrogen-bond donors (Lipinski definition) is 1. The molecule has 0 saturated carbocycles. The first-order chi connectivity index (χ1) is 12.3. The largest absolute Gasteiger partial charge is 0.455 e. The van der Waals surface area contributed by atoms with Crippen LogP contribution in [0, 0.1) is 0 Å². The number of rotatable bonds is 6. The molecular formula is C18H25Cl3N2O3S. The van der Waals surface area contributed by atoms with Gasteiger partial charge in [0.1, 0.15) is 6.04 Å². The number of ether oxygens (including phenoxy) is 1. The van der Waals surface area contributed by atoms with Crippen LogP contribution in [0.25, 0.3) is 0 Å². The van der Waals surface area contributed by atoms with Crippen molar-refractivity contribution in [3.8, 4) is 0 Å². The van der Waals surface area contributed by atoms with E-state index in [-0.39, 0.29) is 9.86 Å². The number of nitrogens with two attached hydrogens (primary N) is 1. The van der Waals surface area contributed by atoms with Gasteiger partial charge in [-0.2, -0.15) is 0 Å². The van der Waals surface area contributed by atoms with Crippen molar-refractivity contribution < 1.29 is 14.3 Å². The van der Waals surface area contributed by atoms with E-state index >= 15 is 0 Å². The van der Waals surface area contributed by atoms with E-state index in [1.165, 1.54) is 6.92 Å². The summed E-state index contributed by atoms with van der Waals surface area (Å²) in [7, 11) is 0. The van der Waals surface area contributed by atoms with E-state index in [9.17, 15) is 9.59 Å². The molecule has 0 aliphatic carbocycles. The number of likely N-dealkylation sites (N-methyl/N-ethyl adjacent to an activating group) is 1. The Morgan fingerprint density at radius 2 is 1.70 bits per heavy atom. The lowest BCUT2D eigenvalue weighted by atomic mass is 10.1. The summed E-state index contributed by atoms with van der Waals surface area (Å²) in [4.78, 5) is 26.6. The number of anilines is 2. The molecule has 2 N–H and O–H groups in total. The molecule has 0 aliphatic heterocycles. The number of nitrogens with zero attached hydrogens (tertiary/aromatic N) is 1. The fourth-order valence-electron chi connectivity index (χ4n) is 2.47. The monoisotopic (exact) mass is 454 g/mol. The minimum atomic E-state index is -1.99. The topological polar surface area (TPSA) is 72.6 Å². The molecule has 0 fully saturated rings. The van der Waals surface area contributed by atoms with Crippen LogP contribution in [0.3, 0.4) is 0 Å². The van der Waals surface area contributed by atoms with Crippen molar-refractivity contribution in [3.05, 3.63) is 24.3 Å². The quantitative estimate of drug-likeness (QED) is 0.376. The van der Waals surface area contributed by atoms with Crippen molar-refractivity contribution in [2.75, 3.05) is 17.2 Å². The highest BCUT2D eigenvalue weighted by Crippen LogP contribution is 2.39. The molecule has 2 unspecified atom stereocenters. The predicted molar refractivity (Wildman–Crippen MR) is 116 cm³/mol. The van der Waals surface area contributed by atoms with Crippen molar-refractivity contribution in [1.29, 1.82) is 0 Å². The molecule has 0 bridgehead atoms. The molecule has 0 spiro atoms. The van der Waals surface area contributed by atoms with Crippen molar-refractivity contribution in [1.82, 2.24) is 0 Å². The first-order valence-corrected chi connectivity index (χ1v) is 10.3. The average molecular weight is 456 g/mol. The van der Waals surface area contributed by atoms with Crippen molar-refractivity contribution in [2.45, 2.75) is 55.3 Å². The summed E-state index contributed by atoms with van der Waals surface area (Å²) in [5.41, 5.74) is 7.04. The van der Waals surface area contributed by atoms with Crippen LogP contribution in [-0.4, -0.2) is 38.3 Å². The molecule has 27 heavy (non-hydrogen) atoms. The number of thioether (sulfide) groups is 1. The molecule has 0 radical (unpaired) electrons. The molecule has 2 atom stereocenters. The average Bonchev–Trinajstić information content (AvgIpc) is 2.48. The van der Waals surface area contributed by atoms with Crippen LogP contribution < -0.4 is 10.6 Å². The lowest BCUT2D eigenvalue weighted by molar-refractivity contribution is -0.147. The maximum absolute atomic E-state index is 13.2. The second-order valence-electron chi connectivity index (χ2n) is 6.93. The number of esters is 1. The van der Waals surface area contributed by atoms with Gasteiger partial charge in [-0.15, -0.1) is 0 Å². The summed E-state index contributed by atoms with van der Waals surface area (Å²) in [5, 5.41) is -0.265. The fourth-order valence-corrected chi connectivity index (χ4v) is 3.94. The van der Waals surface area contributed by atoms with Crippen LogP contribution in [0.4, 0.5) is 11.4 Å². The van der Waals surface area contributed by atoms with Crippen molar-refractivity contribution in [3.63, 3.8) is 0 Å². The number of nitrogen functional groups attached to an aromatic ring is 1. The molecule has 0 amide bonds. The third-order valence-corrected chi connectivity index (χ3v) is 5.15. The molecule has 1 aromatic carbocycles. The second kappa shape index (κ2) is 9.59. The van der Waals surface area contributed by atoms with Crippen LogP contribution in [0.5, 0.6) is 0 Å². The number of halogens is 3. The van der Waals surface area contributed by atoms with E-state index < -0.39 is 21.9 Å². The maximum Gasteiger partial charge on any atom is 0.303 e. The van der Waals surface area contributed by atoms with E-state index in [1.54, 1.807) is 29.2 Å². The van der Waals surface area contributed by atoms with E-state index in [1.807, 2.05) is 27.7 Å². The summed E-state index contributed by atoms with van der Waals surface area (Å²) in [6.07, 6.45) is -1.29. The Balaban J connectivity index is 3.47. The van der Waals surface area contributed by atoms with Gasteiger partial charge in [0.15, 0.2) is 6.10 Å².